The summed E-state index contributed by atoms with van der Waals surface area (Å²) in [7, 11) is 0. The number of benzene rings is 1. The van der Waals surface area contributed by atoms with Crippen LogP contribution in [0.4, 0.5) is 17.6 Å². The van der Waals surface area contributed by atoms with E-state index in [1.165, 1.54) is 12.1 Å². The van der Waals surface area contributed by atoms with Crippen LogP contribution >= 0.6 is 0 Å². The predicted molar refractivity (Wildman–Crippen MR) is 90.7 cm³/mol. The van der Waals surface area contributed by atoms with Crippen LogP contribution in [0.2, 0.25) is 0 Å². The summed E-state index contributed by atoms with van der Waals surface area (Å²) in [6.45, 7) is 3.48. The molecule has 1 atom stereocenters. The normalized spacial score (nSPS) is 16.2. The average Bonchev–Trinajstić information content (AvgIpc) is 3.26. The Hall–Kier alpha value is -2.95. The van der Waals surface area contributed by atoms with Gasteiger partial charge in [0.25, 0.3) is 5.91 Å². The number of aryl methyl sites for hydroxylation is 1. The van der Waals surface area contributed by atoms with E-state index in [9.17, 15) is 22.4 Å². The van der Waals surface area contributed by atoms with Crippen LogP contribution in [0.3, 0.4) is 0 Å². The zero-order valence-electron chi connectivity index (χ0n) is 14.8. The number of halogens is 4. The first kappa shape index (κ1) is 21.4. The molecule has 0 unspecified atom stereocenters. The summed E-state index contributed by atoms with van der Waals surface area (Å²) in [5.74, 6) is -3.65. The van der Waals surface area contributed by atoms with Gasteiger partial charge < -0.3 is 20.3 Å². The number of hydrogen-bond donors (Lipinski definition) is 3. The Bertz CT molecular complexity index is 845. The van der Waals surface area contributed by atoms with E-state index in [4.69, 9.17) is 9.90 Å². The SMILES string of the molecule is Cc1cn(-c2ccc(C(=O)N[C@@H]3CCNC3)c(F)c2)cn1.O=C(O)C(F)(F)F. The van der Waals surface area contributed by atoms with Gasteiger partial charge in [-0.15, -0.1) is 0 Å². The van der Waals surface area contributed by atoms with Gasteiger partial charge in [0.15, 0.2) is 0 Å². The number of carbonyl (C=O) groups excluding carboxylic acids is 1. The number of hydrogen-bond acceptors (Lipinski definition) is 4. The third-order valence-corrected chi connectivity index (χ3v) is 3.85. The number of nitrogens with zero attached hydrogens (tertiary/aromatic N) is 2. The van der Waals surface area contributed by atoms with Crippen LogP contribution in [0.15, 0.2) is 30.7 Å². The molecule has 1 aliphatic rings. The number of amides is 1. The van der Waals surface area contributed by atoms with E-state index < -0.39 is 18.0 Å². The number of carboxylic acids is 1. The number of carboxylic acid groups (broad SMARTS) is 1. The summed E-state index contributed by atoms with van der Waals surface area (Å²) in [5.41, 5.74) is 1.57. The van der Waals surface area contributed by atoms with E-state index in [0.717, 1.165) is 25.2 Å². The third kappa shape index (κ3) is 5.78. The van der Waals surface area contributed by atoms with Gasteiger partial charge in [-0.25, -0.2) is 14.2 Å². The zero-order chi connectivity index (χ0) is 20.9. The summed E-state index contributed by atoms with van der Waals surface area (Å²) < 4.78 is 47.6. The number of rotatable bonds is 3. The topological polar surface area (TPSA) is 96.3 Å². The van der Waals surface area contributed by atoms with Crippen LogP contribution in [0.5, 0.6) is 0 Å². The quantitative estimate of drug-likeness (QED) is 0.683. The summed E-state index contributed by atoms with van der Waals surface area (Å²) in [5, 5.41) is 13.1. The van der Waals surface area contributed by atoms with Crippen molar-refractivity contribution < 1.29 is 32.3 Å². The standard InChI is InChI=1S/C15H17FN4O.C2HF3O2/c1-10-8-20(9-18-10)12-2-3-13(14(16)6-12)15(21)19-11-4-5-17-7-11;3-2(4,5)1(6)7/h2-3,6,8-9,11,17H,4-5,7H2,1H3,(H,19,21);(H,6,7)/t11-;/m1./s1. The molecular formula is C17H18F4N4O3. The Morgan fingerprint density at radius 3 is 2.50 bits per heavy atom. The number of aromatic nitrogens is 2. The van der Waals surface area contributed by atoms with Crippen molar-refractivity contribution in [1.29, 1.82) is 0 Å². The van der Waals surface area contributed by atoms with Crippen LogP contribution < -0.4 is 10.6 Å². The van der Waals surface area contributed by atoms with Gasteiger partial charge in [0.1, 0.15) is 5.82 Å². The van der Waals surface area contributed by atoms with Crippen molar-refractivity contribution in [1.82, 2.24) is 20.2 Å². The van der Waals surface area contributed by atoms with E-state index in [2.05, 4.69) is 15.6 Å². The average molecular weight is 402 g/mol. The molecule has 0 saturated carbocycles. The molecule has 0 bridgehead atoms. The molecule has 1 fully saturated rings. The van der Waals surface area contributed by atoms with Gasteiger partial charge >= 0.3 is 12.1 Å². The molecule has 1 amide bonds. The Morgan fingerprint density at radius 1 is 1.36 bits per heavy atom. The molecule has 2 aromatic rings. The second kappa shape index (κ2) is 8.83. The molecule has 0 radical (unpaired) electrons. The fourth-order valence-corrected chi connectivity index (χ4v) is 2.45. The molecule has 7 nitrogen and oxygen atoms in total. The molecule has 0 aliphatic carbocycles. The number of alkyl halides is 3. The Kier molecular flexibility index (Phi) is 6.73. The first-order valence-corrected chi connectivity index (χ1v) is 8.20. The predicted octanol–water partition coefficient (Wildman–Crippen LogP) is 2.04. The summed E-state index contributed by atoms with van der Waals surface area (Å²) in [6.07, 6.45) is -0.785. The molecule has 28 heavy (non-hydrogen) atoms. The van der Waals surface area contributed by atoms with Crippen molar-refractivity contribution in [3.05, 3.63) is 47.8 Å². The second-order valence-electron chi connectivity index (χ2n) is 6.05. The Balaban J connectivity index is 0.000000345. The van der Waals surface area contributed by atoms with E-state index in [1.54, 1.807) is 23.2 Å². The van der Waals surface area contributed by atoms with Crippen molar-refractivity contribution >= 4 is 11.9 Å². The fraction of sp³-hybridized carbons (Fsp3) is 0.353. The maximum absolute atomic E-state index is 14.2. The highest BCUT2D eigenvalue weighted by Gasteiger charge is 2.38. The molecule has 11 heteroatoms. The van der Waals surface area contributed by atoms with Crippen molar-refractivity contribution in [3.8, 4) is 5.69 Å². The molecule has 3 rings (SSSR count). The largest absolute Gasteiger partial charge is 0.490 e. The maximum atomic E-state index is 14.2. The lowest BCUT2D eigenvalue weighted by atomic mass is 10.1. The van der Waals surface area contributed by atoms with E-state index in [-0.39, 0.29) is 17.5 Å². The van der Waals surface area contributed by atoms with Crippen LogP contribution in [0, 0.1) is 12.7 Å². The van der Waals surface area contributed by atoms with Crippen molar-refractivity contribution in [2.75, 3.05) is 13.1 Å². The van der Waals surface area contributed by atoms with Crippen LogP contribution in [0.1, 0.15) is 22.5 Å². The third-order valence-electron chi connectivity index (χ3n) is 3.85. The smallest absolute Gasteiger partial charge is 0.475 e. The summed E-state index contributed by atoms with van der Waals surface area (Å²) >= 11 is 0. The molecule has 0 spiro atoms. The van der Waals surface area contributed by atoms with Crippen molar-refractivity contribution in [2.24, 2.45) is 0 Å². The molecule has 1 aromatic carbocycles. The van der Waals surface area contributed by atoms with Crippen LogP contribution in [-0.4, -0.2) is 51.8 Å². The van der Waals surface area contributed by atoms with Crippen molar-refractivity contribution in [3.63, 3.8) is 0 Å². The minimum atomic E-state index is -5.08. The van der Waals surface area contributed by atoms with E-state index in [0.29, 0.717) is 5.69 Å². The Labute approximate surface area is 157 Å². The van der Waals surface area contributed by atoms with Gasteiger partial charge in [0.05, 0.1) is 17.6 Å². The van der Waals surface area contributed by atoms with Gasteiger partial charge in [-0.3, -0.25) is 4.79 Å². The summed E-state index contributed by atoms with van der Waals surface area (Å²) in [6, 6.07) is 4.65. The summed E-state index contributed by atoms with van der Waals surface area (Å²) in [4.78, 5) is 25.1. The molecule has 1 saturated heterocycles. The first-order valence-electron chi connectivity index (χ1n) is 8.20. The van der Waals surface area contributed by atoms with E-state index >= 15 is 0 Å². The molecular weight excluding hydrogens is 384 g/mol. The van der Waals surface area contributed by atoms with Gasteiger partial charge in [-0.2, -0.15) is 13.2 Å². The first-order chi connectivity index (χ1) is 13.1. The highest BCUT2D eigenvalue weighted by atomic mass is 19.4. The van der Waals surface area contributed by atoms with Gasteiger partial charge in [-0.1, -0.05) is 0 Å². The lowest BCUT2D eigenvalue weighted by Crippen LogP contribution is -2.36. The van der Waals surface area contributed by atoms with Gasteiger partial charge in [0.2, 0.25) is 0 Å². The highest BCUT2D eigenvalue weighted by molar-refractivity contribution is 5.94. The van der Waals surface area contributed by atoms with Gasteiger partial charge in [0, 0.05) is 24.5 Å². The lowest BCUT2D eigenvalue weighted by Gasteiger charge is -2.12. The van der Waals surface area contributed by atoms with E-state index in [1.807, 2.05) is 6.92 Å². The lowest BCUT2D eigenvalue weighted by molar-refractivity contribution is -0.192. The second-order valence-corrected chi connectivity index (χ2v) is 6.05. The molecule has 3 N–H and O–H groups in total. The molecule has 152 valence electrons. The molecule has 1 aliphatic heterocycles. The maximum Gasteiger partial charge on any atom is 0.490 e. The molecule has 2 heterocycles. The van der Waals surface area contributed by atoms with Gasteiger partial charge in [-0.05, 0) is 38.1 Å². The number of imidazole rings is 1. The monoisotopic (exact) mass is 402 g/mol. The minimum Gasteiger partial charge on any atom is -0.475 e. The number of aliphatic carboxylic acids is 1. The molecule has 1 aromatic heterocycles. The number of carbonyl (C=O) groups is 2. The van der Waals surface area contributed by atoms with Crippen molar-refractivity contribution in [2.45, 2.75) is 25.6 Å². The zero-order valence-corrected chi connectivity index (χ0v) is 14.8. The number of nitrogens with one attached hydrogen (secondary N) is 2. The fourth-order valence-electron chi connectivity index (χ4n) is 2.45. The van der Waals surface area contributed by atoms with Crippen LogP contribution in [-0.2, 0) is 4.79 Å². The Morgan fingerprint density at radius 2 is 2.04 bits per heavy atom. The van der Waals surface area contributed by atoms with Crippen LogP contribution in [0.25, 0.3) is 5.69 Å². The highest BCUT2D eigenvalue weighted by Crippen LogP contribution is 2.15. The minimum absolute atomic E-state index is 0.0717.